The standard InChI is InChI=1S/C25H26N4O4/c1-15-12-21(30)26-19-8-3-4-9-20(19)29(15)22(31)14-28-23(32)25(2,27-24(28)33)18-11-10-16-6-5-7-17(16)13-18/h3-4,8-11,13,15H,5-7,12,14H2,1-2H3,(H,26,30)(H,27,33)/t15-,25+/m0/s1. The maximum absolute atomic E-state index is 13.4. The van der Waals surface area contributed by atoms with E-state index in [-0.39, 0.29) is 12.3 Å². The maximum Gasteiger partial charge on any atom is 0.325 e. The second-order valence-corrected chi connectivity index (χ2v) is 9.17. The second kappa shape index (κ2) is 7.72. The minimum absolute atomic E-state index is 0.118. The highest BCUT2D eigenvalue weighted by molar-refractivity contribution is 6.12. The number of hydrogen-bond acceptors (Lipinski definition) is 4. The van der Waals surface area contributed by atoms with E-state index in [2.05, 4.69) is 10.6 Å². The van der Waals surface area contributed by atoms with Crippen LogP contribution in [0.2, 0.25) is 0 Å². The summed E-state index contributed by atoms with van der Waals surface area (Å²) in [7, 11) is 0. The van der Waals surface area contributed by atoms with Crippen molar-refractivity contribution in [1.82, 2.24) is 10.2 Å². The minimum Gasteiger partial charge on any atom is -0.324 e. The molecule has 2 aliphatic heterocycles. The van der Waals surface area contributed by atoms with Gasteiger partial charge in [0.05, 0.1) is 11.4 Å². The number of carbonyl (C=O) groups is 4. The lowest BCUT2D eigenvalue weighted by atomic mass is 9.89. The molecule has 0 aromatic heterocycles. The van der Waals surface area contributed by atoms with Crippen LogP contribution in [0.3, 0.4) is 0 Å². The summed E-state index contributed by atoms with van der Waals surface area (Å²) in [5.41, 5.74) is 3.06. The maximum atomic E-state index is 13.4. The van der Waals surface area contributed by atoms with Gasteiger partial charge in [0, 0.05) is 12.5 Å². The average Bonchev–Trinajstić information content (AvgIpc) is 3.29. The van der Waals surface area contributed by atoms with Crippen LogP contribution in [0, 0.1) is 0 Å². The molecule has 1 saturated heterocycles. The molecule has 0 unspecified atom stereocenters. The third kappa shape index (κ3) is 3.46. The van der Waals surface area contributed by atoms with E-state index in [1.807, 2.05) is 18.2 Å². The van der Waals surface area contributed by atoms with Crippen molar-refractivity contribution >= 4 is 35.1 Å². The minimum atomic E-state index is -1.23. The zero-order chi connectivity index (χ0) is 23.3. The van der Waals surface area contributed by atoms with Crippen LogP contribution in [0.5, 0.6) is 0 Å². The molecule has 2 atom stereocenters. The van der Waals surface area contributed by atoms with Gasteiger partial charge in [0.15, 0.2) is 0 Å². The van der Waals surface area contributed by atoms with Crippen LogP contribution in [0.4, 0.5) is 16.2 Å². The Balaban J connectivity index is 1.41. The normalized spacial score (nSPS) is 24.2. The number of rotatable bonds is 3. The second-order valence-electron chi connectivity index (χ2n) is 9.17. The fourth-order valence-corrected chi connectivity index (χ4v) is 5.10. The number of hydrogen-bond donors (Lipinski definition) is 2. The molecular formula is C25H26N4O4. The van der Waals surface area contributed by atoms with Crippen LogP contribution >= 0.6 is 0 Å². The van der Waals surface area contributed by atoms with Gasteiger partial charge in [-0.05, 0) is 61.9 Å². The van der Waals surface area contributed by atoms with Crippen LogP contribution in [-0.4, -0.2) is 41.2 Å². The first kappa shape index (κ1) is 21.2. The first-order valence-corrected chi connectivity index (χ1v) is 11.3. The van der Waals surface area contributed by atoms with Crippen LogP contribution < -0.4 is 15.5 Å². The van der Waals surface area contributed by atoms with Crippen LogP contribution in [-0.2, 0) is 32.8 Å². The van der Waals surface area contributed by atoms with Crippen LogP contribution in [0.25, 0.3) is 0 Å². The lowest BCUT2D eigenvalue weighted by Gasteiger charge is -2.29. The molecule has 0 radical (unpaired) electrons. The van der Waals surface area contributed by atoms with E-state index in [1.165, 1.54) is 16.0 Å². The third-order valence-electron chi connectivity index (χ3n) is 6.87. The van der Waals surface area contributed by atoms with Crippen molar-refractivity contribution in [1.29, 1.82) is 0 Å². The van der Waals surface area contributed by atoms with E-state index >= 15 is 0 Å². The van der Waals surface area contributed by atoms with Crippen LogP contribution in [0.1, 0.15) is 43.4 Å². The van der Waals surface area contributed by atoms with E-state index in [9.17, 15) is 19.2 Å². The highest BCUT2D eigenvalue weighted by Crippen LogP contribution is 2.34. The lowest BCUT2D eigenvalue weighted by molar-refractivity contribution is -0.134. The largest absolute Gasteiger partial charge is 0.325 e. The number of carbonyl (C=O) groups excluding carboxylic acids is 4. The monoisotopic (exact) mass is 446 g/mol. The van der Waals surface area contributed by atoms with Crippen molar-refractivity contribution in [3.05, 3.63) is 59.2 Å². The van der Waals surface area contributed by atoms with E-state index in [0.717, 1.165) is 29.7 Å². The summed E-state index contributed by atoms with van der Waals surface area (Å²) in [5, 5.41) is 5.61. The summed E-state index contributed by atoms with van der Waals surface area (Å²) < 4.78 is 0. The molecule has 1 fully saturated rings. The fraction of sp³-hybridized carbons (Fsp3) is 0.360. The first-order chi connectivity index (χ1) is 15.8. The van der Waals surface area contributed by atoms with Crippen molar-refractivity contribution in [2.45, 2.75) is 51.1 Å². The molecule has 2 aromatic rings. The number of para-hydroxylation sites is 2. The Kier molecular flexibility index (Phi) is 4.96. The van der Waals surface area contributed by atoms with E-state index in [4.69, 9.17) is 0 Å². The number of aryl methyl sites for hydroxylation is 2. The molecule has 0 saturated carbocycles. The molecule has 170 valence electrons. The van der Waals surface area contributed by atoms with E-state index in [0.29, 0.717) is 11.4 Å². The molecule has 2 N–H and O–H groups in total. The third-order valence-corrected chi connectivity index (χ3v) is 6.87. The van der Waals surface area contributed by atoms with Crippen molar-refractivity contribution < 1.29 is 19.2 Å². The number of amides is 5. The Hall–Kier alpha value is -3.68. The number of urea groups is 1. The number of anilines is 2. The summed E-state index contributed by atoms with van der Waals surface area (Å²) in [5.74, 6) is -1.07. The molecule has 2 aromatic carbocycles. The first-order valence-electron chi connectivity index (χ1n) is 11.3. The van der Waals surface area contributed by atoms with Gasteiger partial charge in [-0.25, -0.2) is 4.79 Å². The molecule has 2 heterocycles. The number of imide groups is 1. The van der Waals surface area contributed by atoms with Gasteiger partial charge >= 0.3 is 6.03 Å². The number of nitrogens with zero attached hydrogens (tertiary/aromatic N) is 2. The fourth-order valence-electron chi connectivity index (χ4n) is 5.10. The van der Waals surface area contributed by atoms with Gasteiger partial charge in [0.2, 0.25) is 11.8 Å². The number of benzene rings is 2. The SMILES string of the molecule is C[C@H]1CC(=O)Nc2ccccc2N1C(=O)CN1C(=O)N[C@](C)(c2ccc3c(c2)CCC3)C1=O. The van der Waals surface area contributed by atoms with E-state index in [1.54, 1.807) is 38.1 Å². The van der Waals surface area contributed by atoms with Gasteiger partial charge < -0.3 is 15.5 Å². The summed E-state index contributed by atoms with van der Waals surface area (Å²) >= 11 is 0. The topological polar surface area (TPSA) is 98.8 Å². The summed E-state index contributed by atoms with van der Waals surface area (Å²) in [6.45, 7) is 3.05. The molecule has 8 nitrogen and oxygen atoms in total. The molecule has 0 spiro atoms. The molecular weight excluding hydrogens is 420 g/mol. The van der Waals surface area contributed by atoms with Crippen molar-refractivity contribution in [3.63, 3.8) is 0 Å². The quantitative estimate of drug-likeness (QED) is 0.709. The Morgan fingerprint density at radius 3 is 2.67 bits per heavy atom. The summed E-state index contributed by atoms with van der Waals surface area (Å²) in [4.78, 5) is 54.3. The zero-order valence-corrected chi connectivity index (χ0v) is 18.7. The Morgan fingerprint density at radius 1 is 1.09 bits per heavy atom. The number of nitrogens with one attached hydrogen (secondary N) is 2. The molecule has 33 heavy (non-hydrogen) atoms. The molecule has 5 amide bonds. The van der Waals surface area contributed by atoms with Crippen molar-refractivity contribution in [2.24, 2.45) is 0 Å². The summed E-state index contributed by atoms with van der Waals surface area (Å²) in [6.07, 6.45) is 3.19. The highest BCUT2D eigenvalue weighted by atomic mass is 16.2. The van der Waals surface area contributed by atoms with Gasteiger partial charge in [0.1, 0.15) is 12.1 Å². The summed E-state index contributed by atoms with van der Waals surface area (Å²) in [6, 6.07) is 11.9. The van der Waals surface area contributed by atoms with Crippen LogP contribution in [0.15, 0.2) is 42.5 Å². The van der Waals surface area contributed by atoms with Gasteiger partial charge in [0.25, 0.3) is 5.91 Å². The number of fused-ring (bicyclic) bond motifs is 2. The average molecular weight is 447 g/mol. The van der Waals surface area contributed by atoms with Crippen molar-refractivity contribution in [3.8, 4) is 0 Å². The molecule has 8 heteroatoms. The van der Waals surface area contributed by atoms with Gasteiger partial charge in [-0.1, -0.05) is 30.3 Å². The smallest absolute Gasteiger partial charge is 0.324 e. The van der Waals surface area contributed by atoms with E-state index < -0.39 is 36.0 Å². The Morgan fingerprint density at radius 2 is 1.85 bits per heavy atom. The Labute approximate surface area is 191 Å². The van der Waals surface area contributed by atoms with Gasteiger partial charge in [-0.2, -0.15) is 0 Å². The van der Waals surface area contributed by atoms with Gasteiger partial charge in [-0.15, -0.1) is 0 Å². The predicted molar refractivity (Wildman–Crippen MR) is 123 cm³/mol. The Bertz CT molecular complexity index is 1190. The lowest BCUT2D eigenvalue weighted by Crippen LogP contribution is -2.47. The molecule has 0 bridgehead atoms. The van der Waals surface area contributed by atoms with Gasteiger partial charge in [-0.3, -0.25) is 19.3 Å². The predicted octanol–water partition coefficient (Wildman–Crippen LogP) is 2.71. The van der Waals surface area contributed by atoms with Crippen molar-refractivity contribution in [2.75, 3.05) is 16.8 Å². The highest BCUT2D eigenvalue weighted by Gasteiger charge is 2.50. The molecule has 3 aliphatic rings. The molecule has 1 aliphatic carbocycles. The zero-order valence-electron chi connectivity index (χ0n) is 18.7. The molecule has 5 rings (SSSR count).